The third-order valence-corrected chi connectivity index (χ3v) is 6.51. The van der Waals surface area contributed by atoms with Gasteiger partial charge in [0.1, 0.15) is 6.10 Å². The lowest BCUT2D eigenvalue weighted by molar-refractivity contribution is -0.0102. The summed E-state index contributed by atoms with van der Waals surface area (Å²) in [6.07, 6.45) is 5.32. The van der Waals surface area contributed by atoms with Crippen LogP contribution in [0.4, 0.5) is 0 Å². The van der Waals surface area contributed by atoms with Crippen molar-refractivity contribution in [2.75, 3.05) is 7.11 Å². The molecule has 0 amide bonds. The second kappa shape index (κ2) is 8.69. The fraction of sp³-hybridized carbons (Fsp3) is 0.417. The minimum absolute atomic E-state index is 0.201. The summed E-state index contributed by atoms with van der Waals surface area (Å²) >= 11 is 3.36. The van der Waals surface area contributed by atoms with Gasteiger partial charge in [-0.05, 0) is 61.6 Å². The van der Waals surface area contributed by atoms with Crippen LogP contribution >= 0.6 is 15.9 Å². The summed E-state index contributed by atoms with van der Waals surface area (Å²) in [4.78, 5) is 12.4. The number of hydrogen-bond donors (Lipinski definition) is 0. The standard InChI is InChI=1S/C24H24BrNO4/c1-28-21-10-9-17(12-22(21)29-19-7-2-3-8-19)24(15-26)13-20(14-24)30-23(27)16-5-4-6-18(25)11-16/h4-6,9-12,19-20H,2-3,7-8,13-14H2,1H3. The summed E-state index contributed by atoms with van der Waals surface area (Å²) in [5.74, 6) is 0.995. The first-order valence-electron chi connectivity index (χ1n) is 10.3. The predicted octanol–water partition coefficient (Wildman–Crippen LogP) is 5.56. The molecule has 0 atom stereocenters. The molecule has 0 bridgehead atoms. The van der Waals surface area contributed by atoms with Crippen LogP contribution in [0.1, 0.15) is 54.4 Å². The maximum Gasteiger partial charge on any atom is 0.338 e. The molecule has 2 fully saturated rings. The lowest BCUT2D eigenvalue weighted by Gasteiger charge is -2.42. The Labute approximate surface area is 185 Å². The number of carbonyl (C=O) groups excluding carboxylic acids is 1. The summed E-state index contributed by atoms with van der Waals surface area (Å²) in [5, 5.41) is 9.93. The molecule has 0 radical (unpaired) electrons. The number of carbonyl (C=O) groups is 1. The van der Waals surface area contributed by atoms with Crippen LogP contribution in [0, 0.1) is 11.3 Å². The molecular formula is C24H24BrNO4. The molecule has 2 aromatic carbocycles. The van der Waals surface area contributed by atoms with E-state index in [0.717, 1.165) is 22.9 Å². The Morgan fingerprint density at radius 3 is 2.53 bits per heavy atom. The Morgan fingerprint density at radius 1 is 1.10 bits per heavy atom. The topological polar surface area (TPSA) is 68.5 Å². The largest absolute Gasteiger partial charge is 0.493 e. The molecule has 2 aromatic rings. The molecule has 5 nitrogen and oxygen atoms in total. The van der Waals surface area contributed by atoms with Crippen molar-refractivity contribution in [3.8, 4) is 17.6 Å². The third kappa shape index (κ3) is 4.17. The summed E-state index contributed by atoms with van der Waals surface area (Å²) < 4.78 is 18.1. The summed E-state index contributed by atoms with van der Waals surface area (Å²) in [6, 6.07) is 15.2. The molecule has 0 unspecified atom stereocenters. The molecule has 0 N–H and O–H groups in total. The SMILES string of the molecule is COc1ccc(C2(C#N)CC(OC(=O)c3cccc(Br)c3)C2)cc1OC1CCCC1. The number of methoxy groups -OCH3 is 1. The van der Waals surface area contributed by atoms with E-state index in [1.54, 1.807) is 25.3 Å². The first-order valence-corrected chi connectivity index (χ1v) is 11.1. The van der Waals surface area contributed by atoms with Crippen LogP contribution < -0.4 is 9.47 Å². The van der Waals surface area contributed by atoms with E-state index in [1.165, 1.54) is 12.8 Å². The number of ether oxygens (including phenoxy) is 3. The summed E-state index contributed by atoms with van der Waals surface area (Å²) in [7, 11) is 1.62. The Kier molecular flexibility index (Phi) is 6.01. The number of benzene rings is 2. The second-order valence-electron chi connectivity index (χ2n) is 8.03. The highest BCUT2D eigenvalue weighted by Gasteiger charge is 2.48. The Balaban J connectivity index is 1.46. The van der Waals surface area contributed by atoms with E-state index in [1.807, 2.05) is 24.3 Å². The zero-order valence-electron chi connectivity index (χ0n) is 16.9. The molecule has 2 aliphatic rings. The fourth-order valence-corrected chi connectivity index (χ4v) is 4.68. The number of nitrogens with zero attached hydrogens (tertiary/aromatic N) is 1. The zero-order valence-corrected chi connectivity index (χ0v) is 18.5. The molecular weight excluding hydrogens is 446 g/mol. The number of nitriles is 1. The molecule has 0 aliphatic heterocycles. The minimum atomic E-state index is -0.678. The average molecular weight is 470 g/mol. The Bertz CT molecular complexity index is 971. The maximum absolute atomic E-state index is 12.4. The first kappa shape index (κ1) is 20.7. The van der Waals surface area contributed by atoms with Gasteiger partial charge in [-0.3, -0.25) is 0 Å². The molecule has 30 heavy (non-hydrogen) atoms. The highest BCUT2D eigenvalue weighted by Crippen LogP contribution is 2.47. The van der Waals surface area contributed by atoms with Crippen LogP contribution in [0.25, 0.3) is 0 Å². The van der Waals surface area contributed by atoms with Gasteiger partial charge in [-0.25, -0.2) is 4.79 Å². The van der Waals surface area contributed by atoms with Crippen molar-refractivity contribution in [2.45, 2.75) is 56.1 Å². The van der Waals surface area contributed by atoms with Crippen LogP contribution in [-0.4, -0.2) is 25.3 Å². The zero-order chi connectivity index (χ0) is 21.1. The molecule has 0 spiro atoms. The van der Waals surface area contributed by atoms with Crippen molar-refractivity contribution in [1.29, 1.82) is 5.26 Å². The van der Waals surface area contributed by atoms with Crippen LogP contribution in [0.2, 0.25) is 0 Å². The molecule has 4 rings (SSSR count). The van der Waals surface area contributed by atoms with E-state index in [0.29, 0.717) is 29.9 Å². The fourth-order valence-electron chi connectivity index (χ4n) is 4.28. The third-order valence-electron chi connectivity index (χ3n) is 6.01. The molecule has 0 saturated heterocycles. The van der Waals surface area contributed by atoms with E-state index in [-0.39, 0.29) is 18.2 Å². The van der Waals surface area contributed by atoms with E-state index < -0.39 is 5.41 Å². The van der Waals surface area contributed by atoms with Gasteiger partial charge in [0, 0.05) is 17.3 Å². The van der Waals surface area contributed by atoms with Crippen molar-refractivity contribution in [2.24, 2.45) is 0 Å². The van der Waals surface area contributed by atoms with Gasteiger partial charge in [-0.1, -0.05) is 28.1 Å². The maximum atomic E-state index is 12.4. The van der Waals surface area contributed by atoms with Gasteiger partial charge in [-0.2, -0.15) is 5.26 Å². The Morgan fingerprint density at radius 2 is 1.87 bits per heavy atom. The number of rotatable bonds is 6. The molecule has 2 saturated carbocycles. The van der Waals surface area contributed by atoms with Crippen LogP contribution in [-0.2, 0) is 10.2 Å². The normalized spacial score (nSPS) is 23.3. The van der Waals surface area contributed by atoms with Crippen LogP contribution in [0.3, 0.4) is 0 Å². The summed E-state index contributed by atoms with van der Waals surface area (Å²) in [5.41, 5.74) is 0.700. The van der Waals surface area contributed by atoms with Gasteiger partial charge in [-0.15, -0.1) is 0 Å². The van der Waals surface area contributed by atoms with Gasteiger partial charge in [0.25, 0.3) is 0 Å². The minimum Gasteiger partial charge on any atom is -0.493 e. The van der Waals surface area contributed by atoms with Crippen molar-refractivity contribution in [3.05, 3.63) is 58.1 Å². The number of hydrogen-bond acceptors (Lipinski definition) is 5. The van der Waals surface area contributed by atoms with Crippen molar-refractivity contribution < 1.29 is 19.0 Å². The monoisotopic (exact) mass is 469 g/mol. The second-order valence-corrected chi connectivity index (χ2v) is 8.95. The Hall–Kier alpha value is -2.52. The molecule has 0 heterocycles. The van der Waals surface area contributed by atoms with Gasteiger partial charge >= 0.3 is 5.97 Å². The van der Waals surface area contributed by atoms with Crippen molar-refractivity contribution in [1.82, 2.24) is 0 Å². The van der Waals surface area contributed by atoms with Crippen LogP contribution in [0.15, 0.2) is 46.9 Å². The van der Waals surface area contributed by atoms with E-state index in [9.17, 15) is 10.1 Å². The lowest BCUT2D eigenvalue weighted by atomic mass is 9.63. The van der Waals surface area contributed by atoms with Crippen LogP contribution in [0.5, 0.6) is 11.5 Å². The van der Waals surface area contributed by atoms with Gasteiger partial charge < -0.3 is 14.2 Å². The highest BCUT2D eigenvalue weighted by atomic mass is 79.9. The van der Waals surface area contributed by atoms with E-state index in [4.69, 9.17) is 14.2 Å². The van der Waals surface area contributed by atoms with Crippen molar-refractivity contribution in [3.63, 3.8) is 0 Å². The molecule has 156 valence electrons. The quantitative estimate of drug-likeness (QED) is 0.517. The summed E-state index contributed by atoms with van der Waals surface area (Å²) in [6.45, 7) is 0. The van der Waals surface area contributed by atoms with Gasteiger partial charge in [0.15, 0.2) is 11.5 Å². The molecule has 2 aliphatic carbocycles. The smallest absolute Gasteiger partial charge is 0.338 e. The first-order chi connectivity index (χ1) is 14.5. The van der Waals surface area contributed by atoms with Crippen molar-refractivity contribution >= 4 is 21.9 Å². The lowest BCUT2D eigenvalue weighted by Crippen LogP contribution is -2.45. The van der Waals surface area contributed by atoms with Gasteiger partial charge in [0.2, 0.25) is 0 Å². The number of esters is 1. The van der Waals surface area contributed by atoms with Gasteiger partial charge in [0.05, 0.1) is 30.3 Å². The predicted molar refractivity (Wildman–Crippen MR) is 116 cm³/mol. The van der Waals surface area contributed by atoms with E-state index in [2.05, 4.69) is 22.0 Å². The molecule has 0 aromatic heterocycles. The number of halogens is 1. The highest BCUT2D eigenvalue weighted by molar-refractivity contribution is 9.10. The average Bonchev–Trinajstić information content (AvgIpc) is 3.23. The molecule has 6 heteroatoms. The van der Waals surface area contributed by atoms with E-state index >= 15 is 0 Å².